The van der Waals surface area contributed by atoms with Gasteiger partial charge in [-0.1, -0.05) is 94.7 Å². The number of unbranched alkanes of at least 4 members (excludes halogenated alkanes) is 3. The normalized spacial score (nSPS) is 19.6. The van der Waals surface area contributed by atoms with Gasteiger partial charge in [0.15, 0.2) is 5.71 Å². The molecule has 0 radical (unpaired) electrons. The highest BCUT2D eigenvalue weighted by atomic mass is 15.2. The molecular formula is C32H41N2+. The first-order chi connectivity index (χ1) is 16.3. The number of nitrogens with zero attached hydrogens (tertiary/aromatic N) is 2. The number of anilines is 1. The second kappa shape index (κ2) is 9.78. The number of hydrogen-bond donors (Lipinski definition) is 0. The van der Waals surface area contributed by atoms with Crippen molar-refractivity contribution < 1.29 is 4.58 Å². The molecule has 0 unspecified atom stereocenters. The van der Waals surface area contributed by atoms with Crippen LogP contribution in [0.15, 0.2) is 84.6 Å². The van der Waals surface area contributed by atoms with Gasteiger partial charge in [-0.25, -0.2) is 0 Å². The Labute approximate surface area is 207 Å². The number of benzene rings is 2. The fourth-order valence-electron chi connectivity index (χ4n) is 5.74. The Morgan fingerprint density at radius 1 is 0.794 bits per heavy atom. The summed E-state index contributed by atoms with van der Waals surface area (Å²) in [4.78, 5) is 2.55. The third-order valence-corrected chi connectivity index (χ3v) is 7.71. The molecule has 0 saturated heterocycles. The lowest BCUT2D eigenvalue weighted by Crippen LogP contribution is -2.27. The Morgan fingerprint density at radius 2 is 1.50 bits per heavy atom. The van der Waals surface area contributed by atoms with Gasteiger partial charge < -0.3 is 4.90 Å². The highest BCUT2D eigenvalue weighted by molar-refractivity contribution is 6.03. The minimum atomic E-state index is 0.0124. The van der Waals surface area contributed by atoms with Crippen molar-refractivity contribution in [1.82, 2.24) is 0 Å². The van der Waals surface area contributed by atoms with Gasteiger partial charge >= 0.3 is 0 Å². The van der Waals surface area contributed by atoms with E-state index in [9.17, 15) is 0 Å². The first-order valence-electron chi connectivity index (χ1n) is 12.9. The minimum Gasteiger partial charge on any atom is -0.344 e. The molecule has 0 aliphatic carbocycles. The average Bonchev–Trinajstić information content (AvgIpc) is 3.16. The van der Waals surface area contributed by atoms with Gasteiger partial charge in [0, 0.05) is 41.1 Å². The lowest BCUT2D eigenvalue weighted by molar-refractivity contribution is -0.401. The Morgan fingerprint density at radius 3 is 2.24 bits per heavy atom. The van der Waals surface area contributed by atoms with Crippen molar-refractivity contribution in [2.45, 2.75) is 71.1 Å². The lowest BCUT2D eigenvalue weighted by Gasteiger charge is -2.27. The van der Waals surface area contributed by atoms with Crippen molar-refractivity contribution in [2.75, 3.05) is 18.5 Å². The first-order valence-corrected chi connectivity index (χ1v) is 12.9. The largest absolute Gasteiger partial charge is 0.344 e. The number of rotatable bonds is 8. The van der Waals surface area contributed by atoms with E-state index in [2.05, 4.69) is 130 Å². The Balaban J connectivity index is 1.55. The van der Waals surface area contributed by atoms with Gasteiger partial charge in [0.1, 0.15) is 7.05 Å². The fraction of sp³-hybridized carbons (Fsp3) is 0.406. The quantitative estimate of drug-likeness (QED) is 0.222. The minimum absolute atomic E-state index is 0.0124. The maximum atomic E-state index is 2.55. The van der Waals surface area contributed by atoms with Crippen LogP contribution in [0.3, 0.4) is 0 Å². The standard InChI is InChI=1S/C32H41N2/c1-7-8-9-17-24-34-28-21-16-14-19-26(28)32(4,5)30(34)23-12-10-11-22-29-31(2,3)25-18-13-15-20-27(25)33(29)6/h10-16,18-23H,7-9,17,24H2,1-6H3/q+1. The van der Waals surface area contributed by atoms with E-state index < -0.39 is 0 Å². The molecule has 0 fully saturated rings. The second-order valence-corrected chi connectivity index (χ2v) is 10.7. The smallest absolute Gasteiger partial charge is 0.209 e. The van der Waals surface area contributed by atoms with Crippen LogP contribution in [0.25, 0.3) is 0 Å². The maximum Gasteiger partial charge on any atom is 0.209 e. The molecule has 2 nitrogen and oxygen atoms in total. The zero-order valence-electron chi connectivity index (χ0n) is 21.9. The molecule has 0 aromatic heterocycles. The predicted octanol–water partition coefficient (Wildman–Crippen LogP) is 8.07. The number of allylic oxidation sites excluding steroid dienone is 6. The van der Waals surface area contributed by atoms with Crippen LogP contribution in [-0.4, -0.2) is 23.9 Å². The molecule has 0 spiro atoms. The summed E-state index contributed by atoms with van der Waals surface area (Å²) in [6.45, 7) is 12.7. The van der Waals surface area contributed by atoms with Gasteiger partial charge in [-0.15, -0.1) is 0 Å². The van der Waals surface area contributed by atoms with Crippen LogP contribution in [-0.2, 0) is 10.8 Å². The van der Waals surface area contributed by atoms with Gasteiger partial charge in [0.05, 0.1) is 5.41 Å². The van der Waals surface area contributed by atoms with Gasteiger partial charge in [-0.05, 0) is 38.0 Å². The molecule has 0 atom stereocenters. The average molecular weight is 454 g/mol. The van der Waals surface area contributed by atoms with Crippen molar-refractivity contribution in [3.63, 3.8) is 0 Å². The summed E-state index contributed by atoms with van der Waals surface area (Å²) in [5, 5.41) is 0. The van der Waals surface area contributed by atoms with Crippen molar-refractivity contribution in [1.29, 1.82) is 0 Å². The maximum absolute atomic E-state index is 2.55. The van der Waals surface area contributed by atoms with E-state index in [1.54, 1.807) is 0 Å². The van der Waals surface area contributed by atoms with Crippen LogP contribution in [0.2, 0.25) is 0 Å². The third-order valence-electron chi connectivity index (χ3n) is 7.71. The monoisotopic (exact) mass is 453 g/mol. The van der Waals surface area contributed by atoms with Crippen molar-refractivity contribution in [3.8, 4) is 0 Å². The Bertz CT molecular complexity index is 1160. The number of fused-ring (bicyclic) bond motifs is 2. The Hall–Kier alpha value is -2.87. The summed E-state index contributed by atoms with van der Waals surface area (Å²) in [6.07, 6.45) is 16.3. The topological polar surface area (TPSA) is 6.25 Å². The molecule has 2 aromatic rings. The summed E-state index contributed by atoms with van der Waals surface area (Å²) >= 11 is 0. The van der Waals surface area contributed by atoms with Crippen molar-refractivity contribution in [2.24, 2.45) is 0 Å². The molecule has 34 heavy (non-hydrogen) atoms. The van der Waals surface area contributed by atoms with Crippen LogP contribution in [0.1, 0.15) is 71.4 Å². The fourth-order valence-corrected chi connectivity index (χ4v) is 5.74. The molecule has 0 N–H and O–H groups in total. The van der Waals surface area contributed by atoms with Gasteiger partial charge in [0.25, 0.3) is 0 Å². The van der Waals surface area contributed by atoms with Gasteiger partial charge in [-0.3, -0.25) is 0 Å². The molecule has 2 aliphatic rings. The molecule has 4 rings (SSSR count). The second-order valence-electron chi connectivity index (χ2n) is 10.7. The van der Waals surface area contributed by atoms with Crippen molar-refractivity contribution >= 4 is 17.1 Å². The number of para-hydroxylation sites is 2. The van der Waals surface area contributed by atoms with E-state index in [1.165, 1.54) is 59.6 Å². The summed E-state index contributed by atoms with van der Waals surface area (Å²) in [5.41, 5.74) is 8.27. The zero-order chi connectivity index (χ0) is 24.3. The molecule has 0 bridgehead atoms. The molecule has 178 valence electrons. The van der Waals surface area contributed by atoms with E-state index in [1.807, 2.05) is 0 Å². The van der Waals surface area contributed by atoms with E-state index in [4.69, 9.17) is 0 Å². The highest BCUT2D eigenvalue weighted by Crippen LogP contribution is 2.47. The molecule has 2 heterocycles. The summed E-state index contributed by atoms with van der Waals surface area (Å²) in [5.74, 6) is 0. The SMILES string of the molecule is CCCCCCN1/C(=C/C=C/C=C/C2=[N+](C)c3ccccc3C2(C)C)C(C)(C)c2ccccc21. The van der Waals surface area contributed by atoms with E-state index in [0.717, 1.165) is 6.54 Å². The van der Waals surface area contributed by atoms with E-state index in [0.29, 0.717) is 0 Å². The van der Waals surface area contributed by atoms with Crippen LogP contribution in [0.5, 0.6) is 0 Å². The van der Waals surface area contributed by atoms with Crippen molar-refractivity contribution in [3.05, 3.63) is 95.7 Å². The van der Waals surface area contributed by atoms with Crippen LogP contribution in [0, 0.1) is 0 Å². The number of hydrogen-bond acceptors (Lipinski definition) is 1. The summed E-state index contributed by atoms with van der Waals surface area (Å²) < 4.78 is 2.33. The molecule has 2 heteroatoms. The Kier molecular flexibility index (Phi) is 6.98. The third kappa shape index (κ3) is 4.31. The first kappa shape index (κ1) is 24.3. The van der Waals surface area contributed by atoms with Gasteiger partial charge in [0.2, 0.25) is 5.69 Å². The summed E-state index contributed by atoms with van der Waals surface area (Å²) in [6, 6.07) is 17.7. The predicted molar refractivity (Wildman–Crippen MR) is 148 cm³/mol. The van der Waals surface area contributed by atoms with Crippen LogP contribution in [0.4, 0.5) is 11.4 Å². The molecule has 0 amide bonds. The van der Waals surface area contributed by atoms with Crippen LogP contribution >= 0.6 is 0 Å². The lowest BCUT2D eigenvalue weighted by atomic mass is 9.81. The highest BCUT2D eigenvalue weighted by Gasteiger charge is 2.42. The molecule has 0 saturated carbocycles. The molecular weight excluding hydrogens is 412 g/mol. The van der Waals surface area contributed by atoms with Crippen LogP contribution < -0.4 is 4.90 Å². The van der Waals surface area contributed by atoms with E-state index >= 15 is 0 Å². The molecule has 2 aliphatic heterocycles. The van der Waals surface area contributed by atoms with Gasteiger partial charge in [-0.2, -0.15) is 4.58 Å². The zero-order valence-corrected chi connectivity index (χ0v) is 21.9. The molecule has 2 aromatic carbocycles. The van der Waals surface area contributed by atoms with E-state index in [-0.39, 0.29) is 10.8 Å². The summed E-state index contributed by atoms with van der Waals surface area (Å²) in [7, 11) is 2.17.